The van der Waals surface area contributed by atoms with E-state index in [1.54, 1.807) is 33.3 Å². The van der Waals surface area contributed by atoms with Gasteiger partial charge in [0.05, 0.1) is 26.4 Å². The summed E-state index contributed by atoms with van der Waals surface area (Å²) < 4.78 is 16.2. The molecule has 25 heavy (non-hydrogen) atoms. The number of hydrogen-bond donors (Lipinski definition) is 0. The summed E-state index contributed by atoms with van der Waals surface area (Å²) in [5.41, 5.74) is 3.87. The summed E-state index contributed by atoms with van der Waals surface area (Å²) in [6, 6.07) is 11.7. The molecule has 1 saturated carbocycles. The van der Waals surface area contributed by atoms with Crippen LogP contribution in [0.3, 0.4) is 0 Å². The van der Waals surface area contributed by atoms with Crippen LogP contribution in [0.5, 0.6) is 11.5 Å². The summed E-state index contributed by atoms with van der Waals surface area (Å²) >= 11 is 0. The number of rotatable bonds is 6. The van der Waals surface area contributed by atoms with E-state index in [9.17, 15) is 4.79 Å². The zero-order chi connectivity index (χ0) is 17.8. The summed E-state index contributed by atoms with van der Waals surface area (Å²) in [7, 11) is 3.35. The predicted octanol–water partition coefficient (Wildman–Crippen LogP) is 4.82. The number of esters is 1. The van der Waals surface area contributed by atoms with Gasteiger partial charge in [-0.3, -0.25) is 0 Å². The van der Waals surface area contributed by atoms with Gasteiger partial charge in [0.15, 0.2) is 11.5 Å². The minimum Gasteiger partial charge on any atom is -0.493 e. The van der Waals surface area contributed by atoms with Crippen molar-refractivity contribution in [3.05, 3.63) is 47.5 Å². The second-order valence-electron chi connectivity index (χ2n) is 6.23. The van der Waals surface area contributed by atoms with Gasteiger partial charge in [-0.2, -0.15) is 0 Å². The average molecular weight is 340 g/mol. The largest absolute Gasteiger partial charge is 0.493 e. The highest BCUT2D eigenvalue weighted by molar-refractivity contribution is 5.90. The molecule has 0 aromatic heterocycles. The monoisotopic (exact) mass is 340 g/mol. The van der Waals surface area contributed by atoms with Crippen LogP contribution in [-0.2, 0) is 4.74 Å². The zero-order valence-electron chi connectivity index (χ0n) is 15.0. The standard InChI is InChI=1S/C21H24O4/c1-4-25-21(22)16-10-8-14(9-11-16)17-12-18(15-6-5-7-15)20(24-3)19(13-17)23-2/h8-13,15H,4-7H2,1-3H3. The maximum absolute atomic E-state index is 11.8. The second kappa shape index (κ2) is 7.60. The predicted molar refractivity (Wildman–Crippen MR) is 97.5 cm³/mol. The quantitative estimate of drug-likeness (QED) is 0.708. The van der Waals surface area contributed by atoms with E-state index in [4.69, 9.17) is 14.2 Å². The van der Waals surface area contributed by atoms with Gasteiger partial charge in [-0.05, 0) is 61.1 Å². The lowest BCUT2D eigenvalue weighted by Gasteiger charge is -2.28. The highest BCUT2D eigenvalue weighted by Crippen LogP contribution is 2.46. The number of carbonyl (C=O) groups excluding carboxylic acids is 1. The first-order valence-corrected chi connectivity index (χ1v) is 8.71. The number of benzene rings is 2. The molecule has 3 rings (SSSR count). The molecular formula is C21H24O4. The van der Waals surface area contributed by atoms with E-state index in [0.29, 0.717) is 18.1 Å². The third-order valence-corrected chi connectivity index (χ3v) is 4.78. The van der Waals surface area contributed by atoms with Crippen molar-refractivity contribution in [3.63, 3.8) is 0 Å². The van der Waals surface area contributed by atoms with Crippen LogP contribution in [0.4, 0.5) is 0 Å². The Morgan fingerprint density at radius 1 is 1.04 bits per heavy atom. The first kappa shape index (κ1) is 17.3. The molecule has 0 saturated heterocycles. The molecule has 0 radical (unpaired) electrons. The minimum absolute atomic E-state index is 0.295. The fourth-order valence-electron chi connectivity index (χ4n) is 3.20. The van der Waals surface area contributed by atoms with Crippen LogP contribution in [0, 0.1) is 0 Å². The van der Waals surface area contributed by atoms with Crippen LogP contribution >= 0.6 is 0 Å². The molecular weight excluding hydrogens is 316 g/mol. The van der Waals surface area contributed by atoms with Crippen molar-refractivity contribution in [2.75, 3.05) is 20.8 Å². The number of methoxy groups -OCH3 is 2. The molecule has 0 atom stereocenters. The number of carbonyl (C=O) groups is 1. The molecule has 4 nitrogen and oxygen atoms in total. The van der Waals surface area contributed by atoms with Gasteiger partial charge in [0.1, 0.15) is 0 Å². The van der Waals surface area contributed by atoms with E-state index in [0.717, 1.165) is 22.6 Å². The Balaban J connectivity index is 1.97. The Bertz CT molecular complexity index is 745. The highest BCUT2D eigenvalue weighted by Gasteiger charge is 2.25. The third kappa shape index (κ3) is 3.48. The lowest BCUT2D eigenvalue weighted by molar-refractivity contribution is 0.0526. The molecule has 4 heteroatoms. The average Bonchev–Trinajstić information content (AvgIpc) is 2.60. The van der Waals surface area contributed by atoms with Crippen LogP contribution < -0.4 is 9.47 Å². The van der Waals surface area contributed by atoms with Crippen molar-refractivity contribution in [2.24, 2.45) is 0 Å². The molecule has 1 fully saturated rings. The van der Waals surface area contributed by atoms with Crippen LogP contribution in [0.15, 0.2) is 36.4 Å². The van der Waals surface area contributed by atoms with Crippen molar-refractivity contribution in [1.29, 1.82) is 0 Å². The van der Waals surface area contributed by atoms with Gasteiger partial charge in [-0.25, -0.2) is 4.79 Å². The third-order valence-electron chi connectivity index (χ3n) is 4.78. The molecule has 0 bridgehead atoms. The van der Waals surface area contributed by atoms with Gasteiger partial charge in [-0.15, -0.1) is 0 Å². The SMILES string of the molecule is CCOC(=O)c1ccc(-c2cc(OC)c(OC)c(C3CCC3)c2)cc1. The molecule has 0 heterocycles. The number of ether oxygens (including phenoxy) is 3. The van der Waals surface area contributed by atoms with Crippen LogP contribution in [0.25, 0.3) is 11.1 Å². The smallest absolute Gasteiger partial charge is 0.338 e. The second-order valence-corrected chi connectivity index (χ2v) is 6.23. The Labute approximate surface area is 148 Å². The van der Waals surface area contributed by atoms with Gasteiger partial charge in [0.2, 0.25) is 0 Å². The molecule has 132 valence electrons. The normalized spacial score (nSPS) is 13.9. The Hall–Kier alpha value is -2.49. The van der Waals surface area contributed by atoms with Gasteiger partial charge in [0.25, 0.3) is 0 Å². The summed E-state index contributed by atoms with van der Waals surface area (Å²) in [5, 5.41) is 0. The topological polar surface area (TPSA) is 44.8 Å². The zero-order valence-corrected chi connectivity index (χ0v) is 15.0. The van der Waals surface area contributed by atoms with E-state index in [1.165, 1.54) is 24.8 Å². The lowest BCUT2D eigenvalue weighted by atomic mass is 9.78. The van der Waals surface area contributed by atoms with Crippen LogP contribution in [0.1, 0.15) is 48.0 Å². The molecule has 0 spiro atoms. The molecule has 1 aliphatic carbocycles. The fourth-order valence-corrected chi connectivity index (χ4v) is 3.20. The van der Waals surface area contributed by atoms with E-state index in [2.05, 4.69) is 6.07 Å². The minimum atomic E-state index is -0.295. The van der Waals surface area contributed by atoms with E-state index >= 15 is 0 Å². The Morgan fingerprint density at radius 2 is 1.76 bits per heavy atom. The highest BCUT2D eigenvalue weighted by atomic mass is 16.5. The summed E-state index contributed by atoms with van der Waals surface area (Å²) in [6.45, 7) is 2.18. The molecule has 0 aliphatic heterocycles. The molecule has 1 aliphatic rings. The van der Waals surface area contributed by atoms with Crippen molar-refractivity contribution in [2.45, 2.75) is 32.1 Å². The molecule has 2 aromatic rings. The summed E-state index contributed by atoms with van der Waals surface area (Å²) in [5.74, 6) is 1.81. The van der Waals surface area contributed by atoms with Gasteiger partial charge in [0, 0.05) is 5.56 Å². The summed E-state index contributed by atoms with van der Waals surface area (Å²) in [4.78, 5) is 11.8. The van der Waals surface area contributed by atoms with Crippen molar-refractivity contribution < 1.29 is 19.0 Å². The lowest BCUT2D eigenvalue weighted by Crippen LogP contribution is -2.11. The van der Waals surface area contributed by atoms with Crippen molar-refractivity contribution >= 4 is 5.97 Å². The Morgan fingerprint density at radius 3 is 2.28 bits per heavy atom. The van der Waals surface area contributed by atoms with Gasteiger partial charge < -0.3 is 14.2 Å². The van der Waals surface area contributed by atoms with Crippen LogP contribution in [0.2, 0.25) is 0 Å². The molecule has 2 aromatic carbocycles. The van der Waals surface area contributed by atoms with E-state index in [1.807, 2.05) is 18.2 Å². The first-order valence-electron chi connectivity index (χ1n) is 8.71. The van der Waals surface area contributed by atoms with E-state index in [-0.39, 0.29) is 5.97 Å². The van der Waals surface area contributed by atoms with E-state index < -0.39 is 0 Å². The summed E-state index contributed by atoms with van der Waals surface area (Å²) in [6.07, 6.45) is 3.63. The first-order chi connectivity index (χ1) is 12.2. The van der Waals surface area contributed by atoms with Crippen molar-refractivity contribution in [1.82, 2.24) is 0 Å². The Kier molecular flexibility index (Phi) is 5.27. The maximum atomic E-state index is 11.8. The molecule has 0 amide bonds. The number of hydrogen-bond acceptors (Lipinski definition) is 4. The fraction of sp³-hybridized carbons (Fsp3) is 0.381. The van der Waals surface area contributed by atoms with Crippen molar-refractivity contribution in [3.8, 4) is 22.6 Å². The molecule has 0 N–H and O–H groups in total. The maximum Gasteiger partial charge on any atom is 0.338 e. The van der Waals surface area contributed by atoms with Gasteiger partial charge in [-0.1, -0.05) is 18.6 Å². The van der Waals surface area contributed by atoms with Gasteiger partial charge >= 0.3 is 5.97 Å². The molecule has 0 unspecified atom stereocenters. The van der Waals surface area contributed by atoms with Crippen LogP contribution in [-0.4, -0.2) is 26.8 Å².